The average Bonchev–Trinajstić information content (AvgIpc) is 3.23. The number of esters is 1. The molecule has 40 heavy (non-hydrogen) atoms. The summed E-state index contributed by atoms with van der Waals surface area (Å²) in [6.45, 7) is 4.34. The van der Waals surface area contributed by atoms with Crippen molar-refractivity contribution in [3.05, 3.63) is 82.2 Å². The molecule has 3 aromatic rings. The maximum atomic E-state index is 13.8. The third-order valence-electron chi connectivity index (χ3n) is 8.21. The van der Waals surface area contributed by atoms with Crippen molar-refractivity contribution in [1.29, 1.82) is 0 Å². The SMILES string of the molecule is CC[C@@H]1CN(Cc2cc(C(CC(=O)OC)c3cc4c(n3C)CCCC4=O)ccc2C)S(=O)(=O)c2ccccc2O1. The van der Waals surface area contributed by atoms with E-state index < -0.39 is 10.0 Å². The molecule has 1 unspecified atom stereocenters. The second-order valence-corrected chi connectivity index (χ2v) is 12.6. The molecule has 0 saturated heterocycles. The number of benzene rings is 2. The molecule has 1 aliphatic heterocycles. The van der Waals surface area contributed by atoms with Gasteiger partial charge in [-0.05, 0) is 61.1 Å². The van der Waals surface area contributed by atoms with Gasteiger partial charge in [0.1, 0.15) is 16.7 Å². The molecule has 2 aromatic carbocycles. The van der Waals surface area contributed by atoms with Crippen LogP contribution in [0.25, 0.3) is 0 Å². The van der Waals surface area contributed by atoms with Crippen LogP contribution in [0.2, 0.25) is 0 Å². The summed E-state index contributed by atoms with van der Waals surface area (Å²) in [6, 6.07) is 14.6. The van der Waals surface area contributed by atoms with Crippen LogP contribution in [0.15, 0.2) is 53.4 Å². The molecule has 2 heterocycles. The smallest absolute Gasteiger partial charge is 0.306 e. The highest BCUT2D eigenvalue weighted by Crippen LogP contribution is 2.36. The topological polar surface area (TPSA) is 94.9 Å². The van der Waals surface area contributed by atoms with Gasteiger partial charge in [0.05, 0.1) is 20.1 Å². The van der Waals surface area contributed by atoms with Crippen LogP contribution in [-0.4, -0.2) is 48.8 Å². The minimum absolute atomic E-state index is 0.102. The molecule has 5 rings (SSSR count). The number of rotatable bonds is 7. The zero-order chi connectivity index (χ0) is 28.6. The van der Waals surface area contributed by atoms with E-state index in [1.54, 1.807) is 24.3 Å². The molecule has 2 atom stereocenters. The fourth-order valence-corrected chi connectivity index (χ4v) is 7.38. The third-order valence-corrected chi connectivity index (χ3v) is 10.1. The number of carbonyl (C=O) groups excluding carboxylic acids is 2. The number of nitrogens with zero attached hydrogens (tertiary/aromatic N) is 2. The van der Waals surface area contributed by atoms with E-state index in [2.05, 4.69) is 0 Å². The van der Waals surface area contributed by atoms with Crippen molar-refractivity contribution >= 4 is 21.8 Å². The van der Waals surface area contributed by atoms with Crippen LogP contribution in [0.4, 0.5) is 0 Å². The van der Waals surface area contributed by atoms with Crippen molar-refractivity contribution in [3.8, 4) is 5.75 Å². The minimum atomic E-state index is -3.81. The number of hydrogen-bond acceptors (Lipinski definition) is 6. The Labute approximate surface area is 235 Å². The van der Waals surface area contributed by atoms with Crippen LogP contribution in [0.5, 0.6) is 5.75 Å². The first kappa shape index (κ1) is 28.1. The molecule has 0 saturated carbocycles. The van der Waals surface area contributed by atoms with Gasteiger partial charge in [0.2, 0.25) is 10.0 Å². The van der Waals surface area contributed by atoms with E-state index in [9.17, 15) is 18.0 Å². The Bertz CT molecular complexity index is 1560. The fourth-order valence-electron chi connectivity index (χ4n) is 5.81. The lowest BCUT2D eigenvalue weighted by molar-refractivity contribution is -0.140. The molecule has 0 spiro atoms. The molecule has 212 valence electrons. The van der Waals surface area contributed by atoms with Crippen molar-refractivity contribution < 1.29 is 27.5 Å². The Hall–Kier alpha value is -3.43. The molecule has 0 fully saturated rings. The molecule has 1 aliphatic carbocycles. The molecule has 2 aliphatic rings. The Morgan fingerprint density at radius 3 is 2.65 bits per heavy atom. The van der Waals surface area contributed by atoms with Crippen molar-refractivity contribution in [3.63, 3.8) is 0 Å². The highest BCUT2D eigenvalue weighted by Gasteiger charge is 2.35. The minimum Gasteiger partial charge on any atom is -0.488 e. The Balaban J connectivity index is 1.55. The number of methoxy groups -OCH3 is 1. The Morgan fingerprint density at radius 2 is 1.93 bits per heavy atom. The summed E-state index contributed by atoms with van der Waals surface area (Å²) in [4.78, 5) is 25.4. The van der Waals surface area contributed by atoms with Gasteiger partial charge in [-0.2, -0.15) is 4.31 Å². The molecular weight excluding hydrogens is 528 g/mol. The number of aryl methyl sites for hydroxylation is 1. The van der Waals surface area contributed by atoms with E-state index in [1.807, 2.05) is 49.7 Å². The quantitative estimate of drug-likeness (QED) is 0.379. The molecule has 8 nitrogen and oxygen atoms in total. The fraction of sp³-hybridized carbons (Fsp3) is 0.419. The predicted molar refractivity (Wildman–Crippen MR) is 151 cm³/mol. The maximum absolute atomic E-state index is 13.8. The normalized spacial score (nSPS) is 19.2. The van der Waals surface area contributed by atoms with Gasteiger partial charge in [0.15, 0.2) is 5.78 Å². The van der Waals surface area contributed by atoms with E-state index in [1.165, 1.54) is 11.4 Å². The molecule has 0 bridgehead atoms. The highest BCUT2D eigenvalue weighted by molar-refractivity contribution is 7.89. The summed E-state index contributed by atoms with van der Waals surface area (Å²) in [6.07, 6.45) is 2.65. The monoisotopic (exact) mass is 564 g/mol. The van der Waals surface area contributed by atoms with Crippen molar-refractivity contribution in [2.24, 2.45) is 7.05 Å². The first-order valence-corrected chi connectivity index (χ1v) is 15.2. The molecule has 1 aromatic heterocycles. The summed E-state index contributed by atoms with van der Waals surface area (Å²) in [7, 11) is -0.496. The van der Waals surface area contributed by atoms with Crippen LogP contribution >= 0.6 is 0 Å². The van der Waals surface area contributed by atoms with Gasteiger partial charge < -0.3 is 14.0 Å². The van der Waals surface area contributed by atoms with Gasteiger partial charge in [-0.25, -0.2) is 8.42 Å². The van der Waals surface area contributed by atoms with Crippen molar-refractivity contribution in [1.82, 2.24) is 8.87 Å². The second kappa shape index (κ2) is 11.2. The molecule has 0 amide bonds. The molecule has 0 radical (unpaired) electrons. The predicted octanol–water partition coefficient (Wildman–Crippen LogP) is 4.91. The largest absolute Gasteiger partial charge is 0.488 e. The van der Waals surface area contributed by atoms with Crippen LogP contribution in [0.3, 0.4) is 0 Å². The van der Waals surface area contributed by atoms with Gasteiger partial charge in [0.25, 0.3) is 0 Å². The van der Waals surface area contributed by atoms with Crippen LogP contribution in [0.1, 0.15) is 77.0 Å². The summed E-state index contributed by atoms with van der Waals surface area (Å²) >= 11 is 0. The second-order valence-electron chi connectivity index (χ2n) is 10.7. The first-order valence-electron chi connectivity index (χ1n) is 13.8. The standard InChI is InChI=1S/C31H36N2O6S/c1-5-23-19-33(40(36,37)30-12-7-6-11-29(30)39-23)18-22-15-21(14-13-20(22)2)24(17-31(35)38-4)27-16-25-26(32(27)3)9-8-10-28(25)34/h6-7,11-16,23-24H,5,8-10,17-19H2,1-4H3/t23-,24?/m1/s1. The lowest BCUT2D eigenvalue weighted by Crippen LogP contribution is -2.36. The lowest BCUT2D eigenvalue weighted by Gasteiger charge is -2.25. The zero-order valence-electron chi connectivity index (χ0n) is 23.5. The van der Waals surface area contributed by atoms with Gasteiger partial charge in [-0.1, -0.05) is 37.3 Å². The number of fused-ring (bicyclic) bond motifs is 2. The summed E-state index contributed by atoms with van der Waals surface area (Å²) in [5, 5.41) is 0. The number of hydrogen-bond donors (Lipinski definition) is 0. The van der Waals surface area contributed by atoms with Gasteiger partial charge in [-0.3, -0.25) is 9.59 Å². The van der Waals surface area contributed by atoms with E-state index >= 15 is 0 Å². The van der Waals surface area contributed by atoms with Crippen LogP contribution in [-0.2, 0) is 39.6 Å². The third kappa shape index (κ3) is 5.20. The summed E-state index contributed by atoms with van der Waals surface area (Å²) in [5.41, 5.74) is 5.26. The number of para-hydroxylation sites is 1. The Morgan fingerprint density at radius 1 is 1.15 bits per heavy atom. The van der Waals surface area contributed by atoms with E-state index in [-0.39, 0.29) is 48.2 Å². The van der Waals surface area contributed by atoms with Gasteiger partial charge in [0, 0.05) is 42.9 Å². The van der Waals surface area contributed by atoms with E-state index in [0.29, 0.717) is 18.6 Å². The first-order chi connectivity index (χ1) is 19.1. The number of aromatic nitrogens is 1. The summed E-state index contributed by atoms with van der Waals surface area (Å²) < 4.78 is 42.2. The van der Waals surface area contributed by atoms with Crippen molar-refractivity contribution in [2.75, 3.05) is 13.7 Å². The Kier molecular flexibility index (Phi) is 7.88. The summed E-state index contributed by atoms with van der Waals surface area (Å²) in [5.74, 6) is -0.206. The molecule has 9 heteroatoms. The highest BCUT2D eigenvalue weighted by atomic mass is 32.2. The average molecular weight is 565 g/mol. The maximum Gasteiger partial charge on any atom is 0.306 e. The number of carbonyl (C=O) groups is 2. The lowest BCUT2D eigenvalue weighted by atomic mass is 9.89. The number of sulfonamides is 1. The number of ketones is 1. The van der Waals surface area contributed by atoms with Crippen LogP contribution < -0.4 is 4.74 Å². The van der Waals surface area contributed by atoms with E-state index in [4.69, 9.17) is 9.47 Å². The van der Waals surface area contributed by atoms with Gasteiger partial charge in [-0.15, -0.1) is 0 Å². The molecule has 0 N–H and O–H groups in total. The molecular formula is C31H36N2O6S. The number of Topliss-reactive ketones (excluding diaryl/α,β-unsaturated/α-hetero) is 1. The zero-order valence-corrected chi connectivity index (χ0v) is 24.3. The van der Waals surface area contributed by atoms with E-state index in [0.717, 1.165) is 46.5 Å². The van der Waals surface area contributed by atoms with Gasteiger partial charge >= 0.3 is 5.97 Å². The van der Waals surface area contributed by atoms with Crippen molar-refractivity contribution in [2.45, 2.75) is 69.4 Å². The van der Waals surface area contributed by atoms with Crippen LogP contribution in [0, 0.1) is 6.92 Å². The number of ether oxygens (including phenoxy) is 2.